The van der Waals surface area contributed by atoms with Crippen LogP contribution in [0, 0.1) is 25.5 Å². The summed E-state index contributed by atoms with van der Waals surface area (Å²) in [4.78, 5) is 16.6. The maximum atomic E-state index is 13.2. The second kappa shape index (κ2) is 7.31. The van der Waals surface area contributed by atoms with Crippen molar-refractivity contribution < 1.29 is 13.6 Å². The predicted molar refractivity (Wildman–Crippen MR) is 97.7 cm³/mol. The number of amides is 1. The van der Waals surface area contributed by atoms with Crippen molar-refractivity contribution in [2.75, 3.05) is 10.6 Å². The molecule has 0 saturated carbocycles. The highest BCUT2D eigenvalue weighted by molar-refractivity contribution is 6.05. The van der Waals surface area contributed by atoms with Crippen LogP contribution in [0.25, 0.3) is 0 Å². The lowest BCUT2D eigenvalue weighted by molar-refractivity contribution is 0.102. The second-order valence-corrected chi connectivity index (χ2v) is 5.91. The van der Waals surface area contributed by atoms with E-state index in [2.05, 4.69) is 15.6 Å². The molecule has 0 bridgehead atoms. The Balaban J connectivity index is 1.72. The summed E-state index contributed by atoms with van der Waals surface area (Å²) in [5, 5.41) is 5.74. The van der Waals surface area contributed by atoms with Gasteiger partial charge < -0.3 is 10.6 Å². The monoisotopic (exact) mass is 353 g/mol. The number of aryl methyl sites for hydroxylation is 2. The highest BCUT2D eigenvalue weighted by Crippen LogP contribution is 2.21. The van der Waals surface area contributed by atoms with Gasteiger partial charge in [-0.3, -0.25) is 4.79 Å². The van der Waals surface area contributed by atoms with Crippen LogP contribution < -0.4 is 10.6 Å². The van der Waals surface area contributed by atoms with Gasteiger partial charge in [0.25, 0.3) is 5.91 Å². The van der Waals surface area contributed by atoms with Crippen molar-refractivity contribution in [3.8, 4) is 0 Å². The van der Waals surface area contributed by atoms with Crippen molar-refractivity contribution in [3.63, 3.8) is 0 Å². The molecule has 132 valence electrons. The molecular formula is C20H17F2N3O. The van der Waals surface area contributed by atoms with Crippen molar-refractivity contribution in [1.82, 2.24) is 4.98 Å². The number of pyridine rings is 1. The zero-order valence-corrected chi connectivity index (χ0v) is 14.3. The number of carbonyl (C=O) groups excluding carboxylic acids is 1. The van der Waals surface area contributed by atoms with Crippen LogP contribution in [0.4, 0.5) is 26.0 Å². The molecule has 0 unspecified atom stereocenters. The summed E-state index contributed by atoms with van der Waals surface area (Å²) in [5.41, 5.74) is 3.49. The molecule has 1 heterocycles. The molecule has 0 spiro atoms. The van der Waals surface area contributed by atoms with E-state index in [1.807, 2.05) is 32.0 Å². The molecule has 2 aromatic carbocycles. The maximum Gasteiger partial charge on any atom is 0.257 e. The van der Waals surface area contributed by atoms with E-state index in [4.69, 9.17) is 0 Å². The molecule has 0 aliphatic carbocycles. The first-order valence-electron chi connectivity index (χ1n) is 8.00. The number of rotatable bonds is 4. The number of hydrogen-bond donors (Lipinski definition) is 2. The highest BCUT2D eigenvalue weighted by Gasteiger charge is 2.10. The van der Waals surface area contributed by atoms with Crippen molar-refractivity contribution >= 4 is 23.1 Å². The van der Waals surface area contributed by atoms with E-state index >= 15 is 0 Å². The summed E-state index contributed by atoms with van der Waals surface area (Å²) >= 11 is 0. The number of carbonyl (C=O) groups is 1. The minimum Gasteiger partial charge on any atom is -0.340 e. The molecule has 0 aliphatic rings. The van der Waals surface area contributed by atoms with E-state index in [9.17, 15) is 13.6 Å². The molecule has 3 rings (SSSR count). The normalized spacial score (nSPS) is 10.5. The lowest BCUT2D eigenvalue weighted by Crippen LogP contribution is -2.14. The quantitative estimate of drug-likeness (QED) is 0.696. The Morgan fingerprint density at radius 2 is 1.69 bits per heavy atom. The van der Waals surface area contributed by atoms with E-state index in [1.165, 1.54) is 12.3 Å². The first-order valence-corrected chi connectivity index (χ1v) is 8.00. The number of aromatic nitrogens is 1. The minimum absolute atomic E-state index is 0.269. The van der Waals surface area contributed by atoms with Gasteiger partial charge in [-0.15, -0.1) is 0 Å². The number of halogens is 2. The van der Waals surface area contributed by atoms with Crippen LogP contribution >= 0.6 is 0 Å². The molecule has 0 aliphatic heterocycles. The Hall–Kier alpha value is -3.28. The SMILES string of the molecule is Cc1cccc(C)c1NC(=O)c1ccc(Nc2ccc(F)c(F)c2)nc1. The Labute approximate surface area is 149 Å². The molecule has 2 N–H and O–H groups in total. The third-order valence-electron chi connectivity index (χ3n) is 3.94. The standard InChI is InChI=1S/C20H17F2N3O/c1-12-4-3-5-13(2)19(12)25-20(26)14-6-9-18(23-11-14)24-15-7-8-16(21)17(22)10-15/h3-11H,1-2H3,(H,23,24)(H,25,26). The summed E-state index contributed by atoms with van der Waals surface area (Å²) in [6, 6.07) is 12.5. The molecule has 1 aromatic heterocycles. The molecule has 0 fully saturated rings. The van der Waals surface area contributed by atoms with Gasteiger partial charge >= 0.3 is 0 Å². The Morgan fingerprint density at radius 1 is 0.962 bits per heavy atom. The van der Waals surface area contributed by atoms with Gasteiger partial charge in [0.2, 0.25) is 0 Å². The van der Waals surface area contributed by atoms with Gasteiger partial charge in [0.05, 0.1) is 5.56 Å². The van der Waals surface area contributed by atoms with Gasteiger partial charge in [-0.1, -0.05) is 18.2 Å². The van der Waals surface area contributed by atoms with E-state index < -0.39 is 11.6 Å². The van der Waals surface area contributed by atoms with Crippen LogP contribution in [-0.4, -0.2) is 10.9 Å². The average molecular weight is 353 g/mol. The predicted octanol–water partition coefficient (Wildman–Crippen LogP) is 4.97. The number of para-hydroxylation sites is 1. The minimum atomic E-state index is -0.945. The van der Waals surface area contributed by atoms with Gasteiger partial charge in [-0.2, -0.15) is 0 Å². The molecule has 3 aromatic rings. The molecule has 0 saturated heterocycles. The lowest BCUT2D eigenvalue weighted by atomic mass is 10.1. The maximum absolute atomic E-state index is 13.2. The third-order valence-corrected chi connectivity index (χ3v) is 3.94. The largest absolute Gasteiger partial charge is 0.340 e. The Morgan fingerprint density at radius 3 is 2.31 bits per heavy atom. The van der Waals surface area contributed by atoms with Gasteiger partial charge in [0.15, 0.2) is 11.6 Å². The number of hydrogen-bond acceptors (Lipinski definition) is 3. The number of anilines is 3. The number of nitrogens with zero attached hydrogens (tertiary/aromatic N) is 1. The Bertz CT molecular complexity index is 936. The van der Waals surface area contributed by atoms with Crippen LogP contribution in [0.5, 0.6) is 0 Å². The molecule has 6 heteroatoms. The fourth-order valence-corrected chi connectivity index (χ4v) is 2.52. The topological polar surface area (TPSA) is 54.0 Å². The number of benzene rings is 2. The average Bonchev–Trinajstić information content (AvgIpc) is 2.62. The van der Waals surface area contributed by atoms with Gasteiger partial charge in [-0.05, 0) is 49.2 Å². The summed E-state index contributed by atoms with van der Waals surface area (Å²) < 4.78 is 26.2. The molecule has 0 atom stereocenters. The molecule has 1 amide bonds. The van der Waals surface area contributed by atoms with E-state index in [-0.39, 0.29) is 5.91 Å². The van der Waals surface area contributed by atoms with Gasteiger partial charge in [0.1, 0.15) is 5.82 Å². The van der Waals surface area contributed by atoms with E-state index in [1.54, 1.807) is 12.1 Å². The van der Waals surface area contributed by atoms with Crippen LogP contribution in [0.3, 0.4) is 0 Å². The van der Waals surface area contributed by atoms with Crippen LogP contribution in [-0.2, 0) is 0 Å². The van der Waals surface area contributed by atoms with Crippen LogP contribution in [0.15, 0.2) is 54.7 Å². The first-order chi connectivity index (χ1) is 12.4. The first kappa shape index (κ1) is 17.5. The number of nitrogens with one attached hydrogen (secondary N) is 2. The highest BCUT2D eigenvalue weighted by atomic mass is 19.2. The summed E-state index contributed by atoms with van der Waals surface area (Å²) in [7, 11) is 0. The van der Waals surface area contributed by atoms with Crippen LogP contribution in [0.1, 0.15) is 21.5 Å². The van der Waals surface area contributed by atoms with Crippen molar-refractivity contribution in [1.29, 1.82) is 0 Å². The zero-order valence-electron chi connectivity index (χ0n) is 14.3. The van der Waals surface area contributed by atoms with Gasteiger partial charge in [-0.25, -0.2) is 13.8 Å². The molecule has 0 radical (unpaired) electrons. The van der Waals surface area contributed by atoms with Crippen molar-refractivity contribution in [2.24, 2.45) is 0 Å². The Kier molecular flexibility index (Phi) is 4.93. The fourth-order valence-electron chi connectivity index (χ4n) is 2.52. The summed E-state index contributed by atoms with van der Waals surface area (Å²) in [5.74, 6) is -1.71. The molecular weight excluding hydrogens is 336 g/mol. The lowest BCUT2D eigenvalue weighted by Gasteiger charge is -2.12. The van der Waals surface area contributed by atoms with Crippen molar-refractivity contribution in [3.05, 3.63) is 83.1 Å². The summed E-state index contributed by atoms with van der Waals surface area (Å²) in [6.07, 6.45) is 1.42. The van der Waals surface area contributed by atoms with Gasteiger partial charge in [0, 0.05) is 23.6 Å². The van der Waals surface area contributed by atoms with Crippen molar-refractivity contribution in [2.45, 2.75) is 13.8 Å². The summed E-state index contributed by atoms with van der Waals surface area (Å²) in [6.45, 7) is 3.85. The van der Waals surface area contributed by atoms with E-state index in [0.717, 1.165) is 28.9 Å². The molecule has 26 heavy (non-hydrogen) atoms. The third kappa shape index (κ3) is 3.85. The van der Waals surface area contributed by atoms with E-state index in [0.29, 0.717) is 17.1 Å². The second-order valence-electron chi connectivity index (χ2n) is 5.91. The fraction of sp³-hybridized carbons (Fsp3) is 0.100. The van der Waals surface area contributed by atoms with Crippen LogP contribution in [0.2, 0.25) is 0 Å². The molecule has 4 nitrogen and oxygen atoms in total. The smallest absolute Gasteiger partial charge is 0.257 e. The zero-order chi connectivity index (χ0) is 18.7.